The summed E-state index contributed by atoms with van der Waals surface area (Å²) < 4.78 is 41.3. The Hall–Kier alpha value is -2.21. The average molecular weight is 387 g/mol. The molecule has 0 radical (unpaired) electrons. The molecule has 3 nitrogen and oxygen atoms in total. The lowest BCUT2D eigenvalue weighted by molar-refractivity contribution is -0.274. The van der Waals surface area contributed by atoms with Crippen LogP contribution >= 0.6 is 11.6 Å². The summed E-state index contributed by atoms with van der Waals surface area (Å²) in [5.74, 6) is -1.76. The molecule has 0 fully saturated rings. The lowest BCUT2D eigenvalue weighted by Crippen LogP contribution is -2.43. The van der Waals surface area contributed by atoms with Crippen molar-refractivity contribution in [1.29, 1.82) is 0 Å². The third kappa shape index (κ3) is 4.49. The highest BCUT2D eigenvalue weighted by Gasteiger charge is 2.43. The molecule has 0 bridgehead atoms. The van der Waals surface area contributed by atoms with E-state index in [4.69, 9.17) is 11.6 Å². The van der Waals surface area contributed by atoms with Gasteiger partial charge in [0.05, 0.1) is 5.41 Å². The number of ether oxygens (including phenoxy) is 1. The van der Waals surface area contributed by atoms with E-state index in [1.165, 1.54) is 18.2 Å². The number of carboxylic acids is 1. The predicted octanol–water partition coefficient (Wildman–Crippen LogP) is 5.46. The van der Waals surface area contributed by atoms with Gasteiger partial charge < -0.3 is 9.84 Å². The molecule has 0 aliphatic carbocycles. The highest BCUT2D eigenvalue weighted by atomic mass is 35.5. The van der Waals surface area contributed by atoms with Crippen LogP contribution in [-0.2, 0) is 16.6 Å². The van der Waals surface area contributed by atoms with Crippen LogP contribution in [0.25, 0.3) is 0 Å². The van der Waals surface area contributed by atoms with E-state index in [1.807, 2.05) is 0 Å². The van der Waals surface area contributed by atoms with Crippen molar-refractivity contribution in [2.75, 3.05) is 0 Å². The number of rotatable bonds is 6. The third-order valence-electron chi connectivity index (χ3n) is 4.34. The normalized spacial score (nSPS) is 14.1. The molecule has 2 rings (SSSR count). The zero-order chi connectivity index (χ0) is 19.5. The van der Waals surface area contributed by atoms with Gasteiger partial charge in [-0.25, -0.2) is 0 Å². The first-order valence-corrected chi connectivity index (χ1v) is 8.26. The zero-order valence-corrected chi connectivity index (χ0v) is 14.9. The molecule has 1 unspecified atom stereocenters. The molecule has 0 aliphatic heterocycles. The van der Waals surface area contributed by atoms with Crippen LogP contribution in [0.15, 0.2) is 48.5 Å². The number of aliphatic carboxylic acids is 1. The van der Waals surface area contributed by atoms with Gasteiger partial charge in [0.25, 0.3) is 0 Å². The first-order valence-electron chi connectivity index (χ1n) is 7.89. The Kier molecular flexibility index (Phi) is 5.86. The maximum absolute atomic E-state index is 12.4. The first-order chi connectivity index (χ1) is 12.0. The van der Waals surface area contributed by atoms with Gasteiger partial charge in [0.1, 0.15) is 5.75 Å². The number of benzene rings is 2. The number of alkyl halides is 3. The molecule has 0 spiro atoms. The smallest absolute Gasteiger partial charge is 0.481 e. The Labute approximate surface area is 154 Å². The van der Waals surface area contributed by atoms with Gasteiger partial charge in [0.2, 0.25) is 0 Å². The molecule has 0 saturated carbocycles. The monoisotopic (exact) mass is 386 g/mol. The fraction of sp³-hybridized carbons (Fsp3) is 0.316. The van der Waals surface area contributed by atoms with Gasteiger partial charge in [-0.2, -0.15) is 0 Å². The zero-order valence-electron chi connectivity index (χ0n) is 14.2. The third-order valence-corrected chi connectivity index (χ3v) is 4.59. The van der Waals surface area contributed by atoms with Crippen molar-refractivity contribution in [1.82, 2.24) is 0 Å². The molecule has 0 heterocycles. The fourth-order valence-electron chi connectivity index (χ4n) is 3.01. The summed E-state index contributed by atoms with van der Waals surface area (Å²) in [6.45, 7) is 3.53. The van der Waals surface area contributed by atoms with Crippen LogP contribution in [-0.4, -0.2) is 17.4 Å². The Morgan fingerprint density at radius 2 is 1.77 bits per heavy atom. The van der Waals surface area contributed by atoms with E-state index in [2.05, 4.69) is 4.74 Å². The molecular formula is C19H18ClF3O3. The van der Waals surface area contributed by atoms with Gasteiger partial charge >= 0.3 is 12.3 Å². The van der Waals surface area contributed by atoms with Crippen molar-refractivity contribution in [3.63, 3.8) is 0 Å². The minimum absolute atomic E-state index is 0.0106. The summed E-state index contributed by atoms with van der Waals surface area (Å²) in [6, 6.07) is 11.8. The van der Waals surface area contributed by atoms with Crippen molar-refractivity contribution in [2.24, 2.45) is 5.92 Å². The molecular weight excluding hydrogens is 369 g/mol. The van der Waals surface area contributed by atoms with E-state index in [9.17, 15) is 23.1 Å². The molecule has 0 saturated heterocycles. The van der Waals surface area contributed by atoms with Gasteiger partial charge in [-0.1, -0.05) is 49.7 Å². The summed E-state index contributed by atoms with van der Waals surface area (Å²) in [6.07, 6.45) is -4.80. The maximum atomic E-state index is 12.4. The van der Waals surface area contributed by atoms with Crippen molar-refractivity contribution in [3.05, 3.63) is 64.7 Å². The van der Waals surface area contributed by atoms with Gasteiger partial charge in [0.15, 0.2) is 0 Å². The lowest BCUT2D eigenvalue weighted by atomic mass is 9.68. The van der Waals surface area contributed by atoms with Crippen molar-refractivity contribution < 1.29 is 27.8 Å². The molecule has 0 aromatic heterocycles. The average Bonchev–Trinajstić information content (AvgIpc) is 2.51. The number of hydrogen-bond acceptors (Lipinski definition) is 2. The molecule has 1 atom stereocenters. The van der Waals surface area contributed by atoms with E-state index in [0.717, 1.165) is 0 Å². The summed E-state index contributed by atoms with van der Waals surface area (Å²) >= 11 is 5.89. The Morgan fingerprint density at radius 3 is 2.27 bits per heavy atom. The van der Waals surface area contributed by atoms with Gasteiger partial charge in [0, 0.05) is 5.02 Å². The molecule has 0 amide bonds. The van der Waals surface area contributed by atoms with Crippen LogP contribution in [0.4, 0.5) is 13.2 Å². The second kappa shape index (κ2) is 7.58. The summed E-state index contributed by atoms with van der Waals surface area (Å²) in [5.41, 5.74) is -0.356. The van der Waals surface area contributed by atoms with E-state index in [0.29, 0.717) is 16.1 Å². The minimum atomic E-state index is -4.81. The molecule has 2 aromatic rings. The first kappa shape index (κ1) is 20.1. The second-order valence-corrected chi connectivity index (χ2v) is 6.75. The predicted molar refractivity (Wildman–Crippen MR) is 92.4 cm³/mol. The summed E-state index contributed by atoms with van der Waals surface area (Å²) in [4.78, 5) is 12.2. The van der Waals surface area contributed by atoms with E-state index < -0.39 is 17.7 Å². The Balaban J connectivity index is 2.47. The van der Waals surface area contributed by atoms with E-state index >= 15 is 0 Å². The summed E-state index contributed by atoms with van der Waals surface area (Å²) in [7, 11) is 0. The Bertz CT molecular complexity index is 772. The van der Waals surface area contributed by atoms with Gasteiger partial charge in [-0.15, -0.1) is 13.2 Å². The van der Waals surface area contributed by atoms with Crippen LogP contribution in [0.1, 0.15) is 25.0 Å². The molecule has 0 aliphatic rings. The molecule has 7 heteroatoms. The SMILES string of the molecule is CC(C)C(Cc1cccc(OC(F)(F)F)c1)(C(=O)O)c1ccc(Cl)cc1. The maximum Gasteiger partial charge on any atom is 0.573 e. The van der Waals surface area contributed by atoms with Crippen molar-refractivity contribution in [2.45, 2.75) is 32.0 Å². The molecule has 2 aromatic carbocycles. The Morgan fingerprint density at radius 1 is 1.15 bits per heavy atom. The molecule has 140 valence electrons. The largest absolute Gasteiger partial charge is 0.573 e. The van der Waals surface area contributed by atoms with E-state index in [-0.39, 0.29) is 18.1 Å². The number of halogens is 4. The van der Waals surface area contributed by atoms with Crippen LogP contribution < -0.4 is 4.74 Å². The van der Waals surface area contributed by atoms with E-state index in [1.54, 1.807) is 44.2 Å². The number of hydrogen-bond donors (Lipinski definition) is 1. The van der Waals surface area contributed by atoms with Crippen LogP contribution in [0.2, 0.25) is 5.02 Å². The van der Waals surface area contributed by atoms with Crippen LogP contribution in [0.3, 0.4) is 0 Å². The number of carboxylic acid groups (broad SMARTS) is 1. The van der Waals surface area contributed by atoms with Crippen molar-refractivity contribution in [3.8, 4) is 5.75 Å². The highest BCUT2D eigenvalue weighted by Crippen LogP contribution is 2.38. The van der Waals surface area contributed by atoms with Crippen LogP contribution in [0, 0.1) is 5.92 Å². The molecule has 26 heavy (non-hydrogen) atoms. The quantitative estimate of drug-likeness (QED) is 0.717. The topological polar surface area (TPSA) is 46.5 Å². The summed E-state index contributed by atoms with van der Waals surface area (Å²) in [5, 5.41) is 10.5. The number of carbonyl (C=O) groups is 1. The minimum Gasteiger partial charge on any atom is -0.481 e. The standard InChI is InChI=1S/C19H18ClF3O3/c1-12(2)18(17(24)25,14-6-8-15(20)9-7-14)11-13-4-3-5-16(10-13)26-19(21,22)23/h3-10,12H,11H2,1-2H3,(H,24,25). The second-order valence-electron chi connectivity index (χ2n) is 6.31. The fourth-order valence-corrected chi connectivity index (χ4v) is 3.13. The van der Waals surface area contributed by atoms with Crippen LogP contribution in [0.5, 0.6) is 5.75 Å². The molecule has 1 N–H and O–H groups in total. The highest BCUT2D eigenvalue weighted by molar-refractivity contribution is 6.30. The van der Waals surface area contributed by atoms with Gasteiger partial charge in [-0.3, -0.25) is 4.79 Å². The lowest BCUT2D eigenvalue weighted by Gasteiger charge is -2.34. The van der Waals surface area contributed by atoms with Crippen molar-refractivity contribution >= 4 is 17.6 Å². The van der Waals surface area contributed by atoms with Gasteiger partial charge in [-0.05, 0) is 47.7 Å².